The third-order valence-electron chi connectivity index (χ3n) is 3.64. The molecule has 1 aromatic heterocycles. The van der Waals surface area contributed by atoms with E-state index < -0.39 is 0 Å². The van der Waals surface area contributed by atoms with Gasteiger partial charge in [-0.05, 0) is 24.5 Å². The van der Waals surface area contributed by atoms with Gasteiger partial charge in [0.1, 0.15) is 5.82 Å². The monoisotopic (exact) mass is 290 g/mol. The fourth-order valence-electron chi connectivity index (χ4n) is 2.49. The molecule has 0 aliphatic heterocycles. The number of halogens is 1. The van der Waals surface area contributed by atoms with Gasteiger partial charge in [0.15, 0.2) is 0 Å². The molecule has 0 saturated heterocycles. The minimum absolute atomic E-state index is 0.0531. The van der Waals surface area contributed by atoms with Gasteiger partial charge in [0.25, 0.3) is 0 Å². The van der Waals surface area contributed by atoms with Crippen molar-refractivity contribution >= 4 is 5.69 Å². The second-order valence-corrected chi connectivity index (χ2v) is 5.50. The molecule has 5 heteroatoms. The topological polar surface area (TPSA) is 47.1 Å². The molecule has 114 valence electrons. The Balaban J connectivity index is 2.24. The number of nitrogens with two attached hydrogens (primary N) is 1. The molecule has 21 heavy (non-hydrogen) atoms. The van der Waals surface area contributed by atoms with Crippen molar-refractivity contribution < 1.29 is 4.39 Å². The molecule has 0 fully saturated rings. The minimum atomic E-state index is -0.206. The molecule has 0 amide bonds. The Bertz CT molecular complexity index is 594. The molecular formula is C16H23FN4. The highest BCUT2D eigenvalue weighted by molar-refractivity contribution is 5.55. The predicted molar refractivity (Wildman–Crippen MR) is 83.7 cm³/mol. The first-order chi connectivity index (χ1) is 10.0. The van der Waals surface area contributed by atoms with Crippen LogP contribution in [0.15, 0.2) is 30.6 Å². The Labute approximate surface area is 125 Å². The quantitative estimate of drug-likeness (QED) is 0.889. The number of benzene rings is 1. The number of hydrogen-bond donors (Lipinski definition) is 1. The van der Waals surface area contributed by atoms with Crippen LogP contribution in [-0.2, 0) is 20.0 Å². The number of anilines is 1. The fourth-order valence-corrected chi connectivity index (χ4v) is 2.49. The van der Waals surface area contributed by atoms with E-state index in [1.807, 2.05) is 38.2 Å². The lowest BCUT2D eigenvalue weighted by Gasteiger charge is -2.23. The van der Waals surface area contributed by atoms with Crippen LogP contribution in [0.25, 0.3) is 0 Å². The maximum Gasteiger partial charge on any atom is 0.146 e. The van der Waals surface area contributed by atoms with Crippen LogP contribution in [0.1, 0.15) is 24.5 Å². The van der Waals surface area contributed by atoms with Gasteiger partial charge in [-0.1, -0.05) is 19.1 Å². The van der Waals surface area contributed by atoms with Gasteiger partial charge in [-0.3, -0.25) is 4.68 Å². The zero-order valence-corrected chi connectivity index (χ0v) is 12.9. The van der Waals surface area contributed by atoms with Crippen molar-refractivity contribution in [2.75, 3.05) is 11.9 Å². The highest BCUT2D eigenvalue weighted by Crippen LogP contribution is 2.26. The summed E-state index contributed by atoms with van der Waals surface area (Å²) in [4.78, 5) is 1.92. The maximum absolute atomic E-state index is 14.3. The van der Waals surface area contributed by atoms with Gasteiger partial charge >= 0.3 is 0 Å². The van der Waals surface area contributed by atoms with Crippen molar-refractivity contribution in [2.24, 2.45) is 12.8 Å². The predicted octanol–water partition coefficient (Wildman–Crippen LogP) is 2.48. The fraction of sp³-hybridized carbons (Fsp3) is 0.438. The smallest absolute Gasteiger partial charge is 0.146 e. The summed E-state index contributed by atoms with van der Waals surface area (Å²) in [6.07, 6.45) is 5.30. The Hall–Kier alpha value is -1.88. The van der Waals surface area contributed by atoms with Gasteiger partial charge in [-0.15, -0.1) is 0 Å². The van der Waals surface area contributed by atoms with Gasteiger partial charge in [0.2, 0.25) is 0 Å². The molecule has 0 aliphatic rings. The van der Waals surface area contributed by atoms with E-state index in [0.29, 0.717) is 18.7 Å². The number of aryl methyl sites for hydroxylation is 1. The first-order valence-electron chi connectivity index (χ1n) is 7.23. The third-order valence-corrected chi connectivity index (χ3v) is 3.64. The van der Waals surface area contributed by atoms with Crippen molar-refractivity contribution in [3.8, 4) is 0 Å². The van der Waals surface area contributed by atoms with Crippen LogP contribution in [-0.4, -0.2) is 22.9 Å². The van der Waals surface area contributed by atoms with Gasteiger partial charge in [-0.2, -0.15) is 5.10 Å². The molecule has 0 radical (unpaired) electrons. The summed E-state index contributed by atoms with van der Waals surface area (Å²) >= 11 is 0. The summed E-state index contributed by atoms with van der Waals surface area (Å²) in [6, 6.07) is 5.25. The average Bonchev–Trinajstić information content (AvgIpc) is 2.83. The normalized spacial score (nSPS) is 12.4. The number of para-hydroxylation sites is 1. The van der Waals surface area contributed by atoms with Crippen molar-refractivity contribution in [1.29, 1.82) is 0 Å². The van der Waals surface area contributed by atoms with E-state index in [-0.39, 0.29) is 11.9 Å². The van der Waals surface area contributed by atoms with Crippen LogP contribution in [0.2, 0.25) is 0 Å². The lowest BCUT2D eigenvalue weighted by molar-refractivity contribution is 0.609. The Morgan fingerprint density at radius 1 is 1.43 bits per heavy atom. The van der Waals surface area contributed by atoms with E-state index in [1.54, 1.807) is 16.9 Å². The average molecular weight is 290 g/mol. The van der Waals surface area contributed by atoms with Crippen molar-refractivity contribution in [3.63, 3.8) is 0 Å². The molecule has 2 aromatic rings. The van der Waals surface area contributed by atoms with Crippen LogP contribution in [0, 0.1) is 5.82 Å². The van der Waals surface area contributed by atoms with Crippen molar-refractivity contribution in [1.82, 2.24) is 9.78 Å². The molecule has 1 unspecified atom stereocenters. The summed E-state index contributed by atoms with van der Waals surface area (Å²) in [6.45, 7) is 2.66. The molecular weight excluding hydrogens is 267 g/mol. The summed E-state index contributed by atoms with van der Waals surface area (Å²) in [7, 11) is 3.77. The highest BCUT2D eigenvalue weighted by atomic mass is 19.1. The Morgan fingerprint density at radius 2 is 2.19 bits per heavy atom. The van der Waals surface area contributed by atoms with Crippen LogP contribution in [0.3, 0.4) is 0 Å². The summed E-state index contributed by atoms with van der Waals surface area (Å²) in [5.41, 5.74) is 8.66. The van der Waals surface area contributed by atoms with Crippen molar-refractivity contribution in [2.45, 2.75) is 32.4 Å². The number of aromatic nitrogens is 2. The van der Waals surface area contributed by atoms with Crippen LogP contribution < -0.4 is 10.6 Å². The van der Waals surface area contributed by atoms with Crippen LogP contribution in [0.4, 0.5) is 10.1 Å². The molecule has 2 N–H and O–H groups in total. The van der Waals surface area contributed by atoms with E-state index in [4.69, 9.17) is 5.73 Å². The van der Waals surface area contributed by atoms with Gasteiger partial charge in [0.05, 0.1) is 11.9 Å². The molecule has 2 rings (SSSR count). The van der Waals surface area contributed by atoms with Gasteiger partial charge in [0, 0.05) is 38.4 Å². The molecule has 4 nitrogen and oxygen atoms in total. The van der Waals surface area contributed by atoms with Crippen molar-refractivity contribution in [3.05, 3.63) is 47.5 Å². The van der Waals surface area contributed by atoms with Crippen LogP contribution >= 0.6 is 0 Å². The van der Waals surface area contributed by atoms with Gasteiger partial charge in [-0.25, -0.2) is 4.39 Å². The van der Waals surface area contributed by atoms with E-state index >= 15 is 0 Å². The molecule has 0 aliphatic carbocycles. The lowest BCUT2D eigenvalue weighted by Crippen LogP contribution is -2.25. The molecule has 0 bridgehead atoms. The third kappa shape index (κ3) is 3.82. The van der Waals surface area contributed by atoms with E-state index in [2.05, 4.69) is 5.10 Å². The van der Waals surface area contributed by atoms with Crippen LogP contribution in [0.5, 0.6) is 0 Å². The minimum Gasteiger partial charge on any atom is -0.368 e. The Kier molecular flexibility index (Phi) is 4.96. The summed E-state index contributed by atoms with van der Waals surface area (Å²) in [5, 5.41) is 4.15. The second-order valence-electron chi connectivity index (χ2n) is 5.50. The first kappa shape index (κ1) is 15.5. The molecule has 0 saturated carbocycles. The second kappa shape index (κ2) is 6.72. The number of hydrogen-bond acceptors (Lipinski definition) is 3. The molecule has 1 aromatic carbocycles. The largest absolute Gasteiger partial charge is 0.368 e. The highest BCUT2D eigenvalue weighted by Gasteiger charge is 2.15. The number of rotatable bonds is 6. The first-order valence-corrected chi connectivity index (χ1v) is 7.23. The standard InChI is InChI=1S/C16H23FN4/c1-4-14(18)8-13-6-5-7-15(17)16(13)20(2)10-12-9-19-21(3)11-12/h5-7,9,11,14H,4,8,10,18H2,1-3H3. The lowest BCUT2D eigenvalue weighted by atomic mass is 10.0. The van der Waals surface area contributed by atoms with E-state index in [1.165, 1.54) is 6.07 Å². The Morgan fingerprint density at radius 3 is 2.81 bits per heavy atom. The SMILES string of the molecule is CCC(N)Cc1cccc(F)c1N(C)Cc1cnn(C)c1. The summed E-state index contributed by atoms with van der Waals surface area (Å²) in [5.74, 6) is -0.206. The number of nitrogens with zero attached hydrogens (tertiary/aromatic N) is 3. The zero-order chi connectivity index (χ0) is 15.4. The molecule has 1 atom stereocenters. The van der Waals surface area contributed by atoms with E-state index in [9.17, 15) is 4.39 Å². The zero-order valence-electron chi connectivity index (χ0n) is 12.9. The summed E-state index contributed by atoms with van der Waals surface area (Å²) < 4.78 is 16.0. The van der Waals surface area contributed by atoms with Gasteiger partial charge < -0.3 is 10.6 Å². The molecule has 0 spiro atoms. The maximum atomic E-state index is 14.3. The van der Waals surface area contributed by atoms with E-state index in [0.717, 1.165) is 17.5 Å². The molecule has 1 heterocycles.